The minimum absolute atomic E-state index is 0.213. The normalized spacial score (nSPS) is 11.6. The van der Waals surface area contributed by atoms with Crippen LogP contribution in [0, 0.1) is 0 Å². The Morgan fingerprint density at radius 1 is 1.00 bits per heavy atom. The maximum Gasteiger partial charge on any atom is 0.271 e. The van der Waals surface area contributed by atoms with Gasteiger partial charge in [-0.25, -0.2) is 4.98 Å². The number of para-hydroxylation sites is 1. The van der Waals surface area contributed by atoms with Crippen molar-refractivity contribution in [2.75, 3.05) is 21.3 Å². The van der Waals surface area contributed by atoms with Gasteiger partial charge >= 0.3 is 0 Å². The fraction of sp³-hybridized carbons (Fsp3) is 0.238. The van der Waals surface area contributed by atoms with Crippen molar-refractivity contribution in [3.63, 3.8) is 0 Å². The van der Waals surface area contributed by atoms with Gasteiger partial charge in [0.1, 0.15) is 16.5 Å². The first-order chi connectivity index (χ1) is 13.6. The van der Waals surface area contributed by atoms with Crippen LogP contribution < -0.4 is 19.5 Å². The van der Waals surface area contributed by atoms with E-state index in [1.165, 1.54) is 11.3 Å². The van der Waals surface area contributed by atoms with Crippen LogP contribution in [0.5, 0.6) is 17.2 Å². The summed E-state index contributed by atoms with van der Waals surface area (Å²) in [6, 6.07) is 12.9. The standard InChI is InChI=1S/C21H22N2O4S/c1-13(15-7-5-6-8-17(15)25-2)22-20(24)16-12-28-21(23-16)14-9-10-18(26-3)19(11-14)27-4/h5-13H,1-4H3,(H,22,24)/t13-/m1/s1. The van der Waals surface area contributed by atoms with Gasteiger partial charge in [-0.15, -0.1) is 11.3 Å². The fourth-order valence-corrected chi connectivity index (χ4v) is 3.65. The van der Waals surface area contributed by atoms with Crippen molar-refractivity contribution >= 4 is 17.2 Å². The summed E-state index contributed by atoms with van der Waals surface area (Å²) in [5.74, 6) is 1.76. The second-order valence-corrected chi connectivity index (χ2v) is 6.90. The highest BCUT2D eigenvalue weighted by Crippen LogP contribution is 2.33. The Balaban J connectivity index is 1.77. The third-order valence-corrected chi connectivity index (χ3v) is 5.21. The van der Waals surface area contributed by atoms with E-state index in [-0.39, 0.29) is 11.9 Å². The van der Waals surface area contributed by atoms with E-state index in [1.807, 2.05) is 49.4 Å². The second kappa shape index (κ2) is 8.75. The molecule has 0 aliphatic heterocycles. The van der Waals surface area contributed by atoms with Crippen LogP contribution in [0.15, 0.2) is 47.8 Å². The molecule has 0 aliphatic carbocycles. The third-order valence-electron chi connectivity index (χ3n) is 4.32. The molecule has 28 heavy (non-hydrogen) atoms. The molecule has 0 spiro atoms. The Morgan fingerprint density at radius 3 is 2.43 bits per heavy atom. The molecule has 1 aromatic heterocycles. The van der Waals surface area contributed by atoms with Gasteiger partial charge in [-0.3, -0.25) is 4.79 Å². The molecule has 2 aromatic carbocycles. The predicted molar refractivity (Wildman–Crippen MR) is 110 cm³/mol. The molecule has 6 nitrogen and oxygen atoms in total. The molecule has 0 fully saturated rings. The Morgan fingerprint density at radius 2 is 1.71 bits per heavy atom. The predicted octanol–water partition coefficient (Wildman–Crippen LogP) is 4.33. The molecule has 146 valence electrons. The van der Waals surface area contributed by atoms with Crippen LogP contribution in [-0.4, -0.2) is 32.2 Å². The first-order valence-corrected chi connectivity index (χ1v) is 9.57. The van der Waals surface area contributed by atoms with Gasteiger partial charge in [-0.05, 0) is 31.2 Å². The Hall–Kier alpha value is -3.06. The largest absolute Gasteiger partial charge is 0.496 e. The molecule has 0 saturated heterocycles. The number of nitrogens with zero attached hydrogens (tertiary/aromatic N) is 1. The number of carbonyl (C=O) groups is 1. The molecule has 1 amide bonds. The molecule has 0 bridgehead atoms. The van der Waals surface area contributed by atoms with Crippen molar-refractivity contribution in [2.24, 2.45) is 0 Å². The van der Waals surface area contributed by atoms with Crippen molar-refractivity contribution < 1.29 is 19.0 Å². The van der Waals surface area contributed by atoms with Gasteiger partial charge in [-0.2, -0.15) is 0 Å². The van der Waals surface area contributed by atoms with E-state index in [9.17, 15) is 4.79 Å². The minimum Gasteiger partial charge on any atom is -0.496 e. The zero-order chi connectivity index (χ0) is 20.1. The SMILES string of the molecule is COc1ccc(-c2nc(C(=O)N[C@H](C)c3ccccc3OC)cs2)cc1OC. The summed E-state index contributed by atoms with van der Waals surface area (Å²) < 4.78 is 16.0. The molecule has 0 aliphatic rings. The van der Waals surface area contributed by atoms with Crippen molar-refractivity contribution in [3.8, 4) is 27.8 Å². The van der Waals surface area contributed by atoms with Gasteiger partial charge in [0.15, 0.2) is 11.5 Å². The molecular formula is C21H22N2O4S. The van der Waals surface area contributed by atoms with Crippen molar-refractivity contribution in [1.29, 1.82) is 0 Å². The monoisotopic (exact) mass is 398 g/mol. The summed E-state index contributed by atoms with van der Waals surface area (Å²) in [6.07, 6.45) is 0. The molecule has 0 saturated carbocycles. The lowest BCUT2D eigenvalue weighted by Gasteiger charge is -2.16. The average molecular weight is 398 g/mol. The highest BCUT2D eigenvalue weighted by Gasteiger charge is 2.18. The van der Waals surface area contributed by atoms with E-state index >= 15 is 0 Å². The maximum atomic E-state index is 12.6. The lowest BCUT2D eigenvalue weighted by Crippen LogP contribution is -2.27. The highest BCUT2D eigenvalue weighted by atomic mass is 32.1. The van der Waals surface area contributed by atoms with Gasteiger partial charge in [-0.1, -0.05) is 18.2 Å². The number of carbonyl (C=O) groups excluding carboxylic acids is 1. The lowest BCUT2D eigenvalue weighted by atomic mass is 10.1. The zero-order valence-corrected chi connectivity index (χ0v) is 17.0. The molecule has 3 rings (SSSR count). The van der Waals surface area contributed by atoms with Crippen LogP contribution in [0.3, 0.4) is 0 Å². The van der Waals surface area contributed by atoms with Crippen molar-refractivity contribution in [1.82, 2.24) is 10.3 Å². The van der Waals surface area contributed by atoms with Gasteiger partial charge in [0.05, 0.1) is 27.4 Å². The van der Waals surface area contributed by atoms with Crippen LogP contribution in [0.1, 0.15) is 29.0 Å². The van der Waals surface area contributed by atoms with Crippen molar-refractivity contribution in [3.05, 3.63) is 59.1 Å². The molecule has 0 radical (unpaired) electrons. The highest BCUT2D eigenvalue weighted by molar-refractivity contribution is 7.13. The summed E-state index contributed by atoms with van der Waals surface area (Å²) in [7, 11) is 4.79. The van der Waals surface area contributed by atoms with Crippen LogP contribution in [-0.2, 0) is 0 Å². The van der Waals surface area contributed by atoms with Gasteiger partial charge in [0.25, 0.3) is 5.91 Å². The Bertz CT molecular complexity index is 971. The number of aromatic nitrogens is 1. The quantitative estimate of drug-likeness (QED) is 0.642. The van der Waals surface area contributed by atoms with Crippen LogP contribution in [0.25, 0.3) is 10.6 Å². The Kier molecular flexibility index (Phi) is 6.16. The third kappa shape index (κ3) is 4.09. The first kappa shape index (κ1) is 19.7. The summed E-state index contributed by atoms with van der Waals surface area (Å²) in [5.41, 5.74) is 2.14. The lowest BCUT2D eigenvalue weighted by molar-refractivity contribution is 0.0935. The number of thiazole rings is 1. The number of hydrogen-bond donors (Lipinski definition) is 1. The topological polar surface area (TPSA) is 69.7 Å². The number of rotatable bonds is 7. The molecule has 0 unspecified atom stereocenters. The van der Waals surface area contributed by atoms with Crippen molar-refractivity contribution in [2.45, 2.75) is 13.0 Å². The van der Waals surface area contributed by atoms with E-state index in [2.05, 4.69) is 10.3 Å². The zero-order valence-electron chi connectivity index (χ0n) is 16.2. The molecule has 1 heterocycles. The summed E-state index contributed by atoms with van der Waals surface area (Å²) in [6.45, 7) is 1.91. The van der Waals surface area contributed by atoms with Gasteiger partial charge < -0.3 is 19.5 Å². The van der Waals surface area contributed by atoms with E-state index in [4.69, 9.17) is 14.2 Å². The number of amides is 1. The number of hydrogen-bond acceptors (Lipinski definition) is 6. The summed E-state index contributed by atoms with van der Waals surface area (Å²) in [5, 5.41) is 5.45. The number of methoxy groups -OCH3 is 3. The molecule has 1 N–H and O–H groups in total. The second-order valence-electron chi connectivity index (χ2n) is 6.04. The van der Waals surface area contributed by atoms with E-state index in [0.29, 0.717) is 17.2 Å². The van der Waals surface area contributed by atoms with Crippen LogP contribution in [0.4, 0.5) is 0 Å². The fourth-order valence-electron chi connectivity index (χ4n) is 2.85. The van der Waals surface area contributed by atoms with Gasteiger partial charge in [0, 0.05) is 16.5 Å². The molecular weight excluding hydrogens is 376 g/mol. The molecule has 1 atom stereocenters. The number of ether oxygens (including phenoxy) is 3. The van der Waals surface area contributed by atoms with E-state index in [1.54, 1.807) is 26.7 Å². The van der Waals surface area contributed by atoms with E-state index < -0.39 is 0 Å². The van der Waals surface area contributed by atoms with Crippen LogP contribution >= 0.6 is 11.3 Å². The number of nitrogens with one attached hydrogen (secondary N) is 1. The maximum absolute atomic E-state index is 12.6. The smallest absolute Gasteiger partial charge is 0.271 e. The summed E-state index contributed by atoms with van der Waals surface area (Å²) in [4.78, 5) is 17.1. The molecule has 7 heteroatoms. The van der Waals surface area contributed by atoms with Crippen LogP contribution in [0.2, 0.25) is 0 Å². The summed E-state index contributed by atoms with van der Waals surface area (Å²) >= 11 is 1.40. The number of benzene rings is 2. The Labute approximate surface area is 168 Å². The minimum atomic E-state index is -0.235. The van der Waals surface area contributed by atoms with Gasteiger partial charge in [0.2, 0.25) is 0 Å². The van der Waals surface area contributed by atoms with E-state index in [0.717, 1.165) is 21.9 Å². The average Bonchev–Trinajstić information content (AvgIpc) is 3.23. The molecule has 3 aromatic rings. The first-order valence-electron chi connectivity index (χ1n) is 8.69.